The number of rotatable bonds is 3. The summed E-state index contributed by atoms with van der Waals surface area (Å²) in [6.45, 7) is 3.86. The fourth-order valence-electron chi connectivity index (χ4n) is 2.67. The second kappa shape index (κ2) is 5.72. The van der Waals surface area contributed by atoms with Gasteiger partial charge in [0, 0.05) is 17.9 Å². The highest BCUT2D eigenvalue weighted by molar-refractivity contribution is 5.87. The molecule has 1 aromatic carbocycles. The summed E-state index contributed by atoms with van der Waals surface area (Å²) in [5.41, 5.74) is 1.89. The highest BCUT2D eigenvalue weighted by Gasteiger charge is 2.24. The minimum atomic E-state index is -1.26. The van der Waals surface area contributed by atoms with Gasteiger partial charge in [0.25, 0.3) is 5.56 Å². The van der Waals surface area contributed by atoms with Crippen LogP contribution in [0.5, 0.6) is 0 Å². The third-order valence-corrected chi connectivity index (χ3v) is 3.98. The van der Waals surface area contributed by atoms with Crippen LogP contribution < -0.4 is 10.9 Å². The Bertz CT molecular complexity index is 868. The number of nitrogens with one attached hydrogen (secondary N) is 1. The molecule has 1 aromatic heterocycles. The first-order valence-corrected chi connectivity index (χ1v) is 7.37. The number of allylic oxidation sites excluding steroid dienone is 1. The van der Waals surface area contributed by atoms with Gasteiger partial charge in [-0.2, -0.15) is 0 Å². The van der Waals surface area contributed by atoms with E-state index in [0.717, 1.165) is 17.4 Å². The third-order valence-electron chi connectivity index (χ3n) is 3.98. The first-order valence-electron chi connectivity index (χ1n) is 7.37. The van der Waals surface area contributed by atoms with E-state index in [1.165, 1.54) is 4.57 Å². The number of hydrogen-bond acceptors (Lipinski definition) is 4. The molecule has 0 bridgehead atoms. The molecule has 0 fully saturated rings. The molecule has 0 saturated carbocycles. The molecule has 1 unspecified atom stereocenters. The number of nitrogens with zero attached hydrogens (tertiary/aromatic N) is 2. The highest BCUT2D eigenvalue weighted by Crippen LogP contribution is 2.27. The molecular formula is C17H17N3O3. The summed E-state index contributed by atoms with van der Waals surface area (Å²) in [6.07, 6.45) is 3.74. The Hall–Kier alpha value is -2.89. The lowest BCUT2D eigenvalue weighted by molar-refractivity contribution is 0.0693. The third kappa shape index (κ3) is 2.63. The summed E-state index contributed by atoms with van der Waals surface area (Å²) in [6, 6.07) is 7.68. The van der Waals surface area contributed by atoms with E-state index in [1.807, 2.05) is 44.2 Å². The molecule has 0 amide bonds. The first kappa shape index (κ1) is 15.0. The van der Waals surface area contributed by atoms with Gasteiger partial charge in [0.05, 0.1) is 5.70 Å². The van der Waals surface area contributed by atoms with Crippen LogP contribution in [-0.2, 0) is 0 Å². The van der Waals surface area contributed by atoms with Gasteiger partial charge < -0.3 is 10.4 Å². The molecule has 1 aliphatic rings. The number of hydrogen-bond donors (Lipinski definition) is 2. The lowest BCUT2D eigenvalue weighted by Crippen LogP contribution is -2.34. The second-order valence-corrected chi connectivity index (χ2v) is 5.62. The topological polar surface area (TPSA) is 84.2 Å². The Morgan fingerprint density at radius 2 is 2.13 bits per heavy atom. The molecule has 23 heavy (non-hydrogen) atoms. The van der Waals surface area contributed by atoms with Crippen molar-refractivity contribution in [2.24, 2.45) is 0 Å². The number of carbonyl (C=O) groups is 1. The van der Waals surface area contributed by atoms with Crippen LogP contribution in [0.1, 0.15) is 41.1 Å². The van der Waals surface area contributed by atoms with E-state index in [9.17, 15) is 9.59 Å². The van der Waals surface area contributed by atoms with Crippen LogP contribution in [0.2, 0.25) is 0 Å². The molecule has 2 heterocycles. The van der Waals surface area contributed by atoms with Gasteiger partial charge >= 0.3 is 5.97 Å². The normalized spacial score (nSPS) is 16.4. The van der Waals surface area contributed by atoms with Crippen LogP contribution in [0.3, 0.4) is 0 Å². The average Bonchev–Trinajstić information content (AvgIpc) is 2.51. The summed E-state index contributed by atoms with van der Waals surface area (Å²) in [5.74, 6) is -0.796. The van der Waals surface area contributed by atoms with Crippen molar-refractivity contribution in [3.8, 4) is 0 Å². The molecule has 1 aliphatic heterocycles. The second-order valence-electron chi connectivity index (χ2n) is 5.62. The molecule has 6 nitrogen and oxygen atoms in total. The highest BCUT2D eigenvalue weighted by atomic mass is 16.4. The lowest BCUT2D eigenvalue weighted by atomic mass is 10.1. The van der Waals surface area contributed by atoms with E-state index in [0.29, 0.717) is 17.9 Å². The molecule has 1 atom stereocenters. The summed E-state index contributed by atoms with van der Waals surface area (Å²) in [4.78, 5) is 27.8. The zero-order chi connectivity index (χ0) is 16.6. The van der Waals surface area contributed by atoms with Crippen molar-refractivity contribution < 1.29 is 9.90 Å². The number of carboxylic acids is 1. The van der Waals surface area contributed by atoms with E-state index in [-0.39, 0.29) is 11.6 Å². The van der Waals surface area contributed by atoms with Gasteiger partial charge in [-0.3, -0.25) is 9.36 Å². The zero-order valence-corrected chi connectivity index (χ0v) is 12.9. The van der Waals surface area contributed by atoms with Gasteiger partial charge in [-0.05, 0) is 31.9 Å². The van der Waals surface area contributed by atoms with Crippen molar-refractivity contribution in [2.75, 3.05) is 5.32 Å². The molecule has 3 rings (SSSR count). The van der Waals surface area contributed by atoms with Gasteiger partial charge in [-0.1, -0.05) is 24.3 Å². The Balaban J connectivity index is 2.08. The van der Waals surface area contributed by atoms with E-state index in [4.69, 9.17) is 5.11 Å². The quantitative estimate of drug-likeness (QED) is 0.910. The van der Waals surface area contributed by atoms with Crippen molar-refractivity contribution in [2.45, 2.75) is 26.3 Å². The number of fused-ring (bicyclic) bond motifs is 1. The smallest absolute Gasteiger partial charge is 0.342 e. The van der Waals surface area contributed by atoms with Crippen molar-refractivity contribution >= 4 is 17.4 Å². The van der Waals surface area contributed by atoms with Crippen LogP contribution in [0.4, 0.5) is 5.69 Å². The molecule has 0 saturated heterocycles. The summed E-state index contributed by atoms with van der Waals surface area (Å²) >= 11 is 0. The van der Waals surface area contributed by atoms with Gasteiger partial charge in [0.2, 0.25) is 0 Å². The van der Waals surface area contributed by atoms with E-state index < -0.39 is 11.5 Å². The Morgan fingerprint density at radius 3 is 2.83 bits per heavy atom. The van der Waals surface area contributed by atoms with Gasteiger partial charge in [0.1, 0.15) is 5.56 Å². The maximum atomic E-state index is 12.4. The lowest BCUT2D eigenvalue weighted by Gasteiger charge is -2.25. The number of aryl methyl sites for hydroxylation is 1. The monoisotopic (exact) mass is 311 g/mol. The number of anilines is 1. The van der Waals surface area contributed by atoms with Crippen molar-refractivity contribution in [1.82, 2.24) is 9.55 Å². The molecule has 2 N–H and O–H groups in total. The first-order chi connectivity index (χ1) is 11.0. The van der Waals surface area contributed by atoms with Crippen LogP contribution in [-0.4, -0.2) is 20.6 Å². The summed E-state index contributed by atoms with van der Waals surface area (Å²) < 4.78 is 1.45. The predicted octanol–water partition coefficient (Wildman–Crippen LogP) is 2.67. The largest absolute Gasteiger partial charge is 0.477 e. The van der Waals surface area contributed by atoms with Crippen molar-refractivity contribution in [3.63, 3.8) is 0 Å². The molecular weight excluding hydrogens is 294 g/mol. The van der Waals surface area contributed by atoms with Crippen LogP contribution in [0.25, 0.3) is 5.70 Å². The number of carboxylic acid groups (broad SMARTS) is 1. The Morgan fingerprint density at radius 1 is 1.39 bits per heavy atom. The SMILES string of the molecule is Cc1ccccc1NC1=CCC(C)n2c1ncc(C(=O)O)c2=O. The van der Waals surface area contributed by atoms with Crippen molar-refractivity contribution in [3.05, 3.63) is 63.8 Å². The maximum Gasteiger partial charge on any atom is 0.342 e. The van der Waals surface area contributed by atoms with Crippen LogP contribution in [0.15, 0.2) is 41.3 Å². The molecule has 0 spiro atoms. The van der Waals surface area contributed by atoms with E-state index in [2.05, 4.69) is 10.3 Å². The summed E-state index contributed by atoms with van der Waals surface area (Å²) in [5, 5.41) is 12.4. The molecule has 0 radical (unpaired) electrons. The molecule has 6 heteroatoms. The summed E-state index contributed by atoms with van der Waals surface area (Å²) in [7, 11) is 0. The van der Waals surface area contributed by atoms with E-state index >= 15 is 0 Å². The average molecular weight is 311 g/mol. The van der Waals surface area contributed by atoms with Crippen molar-refractivity contribution in [1.29, 1.82) is 0 Å². The fraction of sp³-hybridized carbons (Fsp3) is 0.235. The van der Waals surface area contributed by atoms with Gasteiger partial charge in [-0.15, -0.1) is 0 Å². The number of benzene rings is 1. The number of para-hydroxylation sites is 1. The minimum Gasteiger partial charge on any atom is -0.477 e. The molecule has 118 valence electrons. The maximum absolute atomic E-state index is 12.4. The van der Waals surface area contributed by atoms with Gasteiger partial charge in [0.15, 0.2) is 5.82 Å². The fourth-order valence-corrected chi connectivity index (χ4v) is 2.67. The number of aromatic nitrogens is 2. The minimum absolute atomic E-state index is 0.133. The molecule has 0 aliphatic carbocycles. The van der Waals surface area contributed by atoms with Gasteiger partial charge in [-0.25, -0.2) is 9.78 Å². The van der Waals surface area contributed by atoms with Crippen LogP contribution in [0, 0.1) is 6.92 Å². The zero-order valence-electron chi connectivity index (χ0n) is 12.9. The number of aromatic carboxylic acids is 1. The molecule has 2 aromatic rings. The Kier molecular flexibility index (Phi) is 3.73. The Labute approximate surface area is 133 Å². The standard InChI is InChI=1S/C17H17N3O3/c1-10-5-3-4-6-13(10)19-14-8-7-11(2)20-15(14)18-9-12(16(20)21)17(22)23/h3-6,8-9,11,19H,7H2,1-2H3,(H,22,23). The van der Waals surface area contributed by atoms with E-state index in [1.54, 1.807) is 0 Å². The predicted molar refractivity (Wildman–Crippen MR) is 87.6 cm³/mol. The van der Waals surface area contributed by atoms with Crippen LogP contribution >= 0.6 is 0 Å².